The number of anilines is 2. The molecule has 8 heteroatoms. The summed E-state index contributed by atoms with van der Waals surface area (Å²) in [5.41, 5.74) is -0.537. The Morgan fingerprint density at radius 2 is 1.54 bits per heavy atom. The van der Waals surface area contributed by atoms with Crippen molar-refractivity contribution in [3.63, 3.8) is 0 Å². The Labute approximate surface area is 283 Å². The van der Waals surface area contributed by atoms with E-state index < -0.39 is 29.1 Å². The number of aliphatic hydroxyl groups is 1. The number of rotatable bonds is 15. The molecule has 5 atom stereocenters. The van der Waals surface area contributed by atoms with Gasteiger partial charge in [0.1, 0.15) is 11.6 Å². The number of nitrogens with zero attached hydrogens (tertiary/aromatic N) is 3. The van der Waals surface area contributed by atoms with Gasteiger partial charge in [-0.05, 0) is 67.1 Å². The normalized spacial score (nSPS) is 25.7. The second kappa shape index (κ2) is 14.1. The number of amides is 3. The molecule has 3 saturated heterocycles. The number of para-hydroxylation sites is 1. The maximum Gasteiger partial charge on any atom is 0.253 e. The third kappa shape index (κ3) is 5.65. The number of carbonyl (C=O) groups excluding carboxylic acids is 3. The predicted molar refractivity (Wildman–Crippen MR) is 190 cm³/mol. The fourth-order valence-corrected chi connectivity index (χ4v) is 8.53. The van der Waals surface area contributed by atoms with Gasteiger partial charge in [0.2, 0.25) is 11.8 Å². The van der Waals surface area contributed by atoms with Crippen molar-refractivity contribution in [1.82, 2.24) is 4.90 Å². The van der Waals surface area contributed by atoms with E-state index in [0.717, 1.165) is 35.0 Å². The maximum absolute atomic E-state index is 15.1. The first kappa shape index (κ1) is 33.6. The molecule has 3 aliphatic rings. The van der Waals surface area contributed by atoms with Crippen molar-refractivity contribution in [2.75, 3.05) is 36.0 Å². The Hall–Kier alpha value is -4.27. The number of aliphatic hydroxyl groups excluding tert-OH is 1. The summed E-state index contributed by atoms with van der Waals surface area (Å²) in [6, 6.07) is 22.5. The zero-order chi connectivity index (χ0) is 33.9. The van der Waals surface area contributed by atoms with Crippen LogP contribution in [0.2, 0.25) is 0 Å². The molecule has 3 fully saturated rings. The summed E-state index contributed by atoms with van der Waals surface area (Å²) in [5.74, 6) is -2.11. The molecule has 3 aliphatic heterocycles. The third-order valence-corrected chi connectivity index (χ3v) is 10.8. The van der Waals surface area contributed by atoms with Crippen LogP contribution in [0.5, 0.6) is 0 Å². The van der Waals surface area contributed by atoms with E-state index in [-0.39, 0.29) is 30.9 Å². The van der Waals surface area contributed by atoms with Crippen LogP contribution in [-0.2, 0) is 19.1 Å². The van der Waals surface area contributed by atoms with Gasteiger partial charge in [0.05, 0.1) is 17.4 Å². The molecule has 0 saturated carbocycles. The lowest BCUT2D eigenvalue weighted by molar-refractivity contribution is -0.146. The lowest BCUT2D eigenvalue weighted by Gasteiger charge is -2.37. The molecule has 0 radical (unpaired) electrons. The molecule has 3 aromatic rings. The molecule has 6 rings (SSSR count). The highest BCUT2D eigenvalue weighted by Crippen LogP contribution is 2.65. The summed E-state index contributed by atoms with van der Waals surface area (Å²) in [4.78, 5) is 49.8. The second-order valence-electron chi connectivity index (χ2n) is 13.3. The highest BCUT2D eigenvalue weighted by Gasteiger charge is 2.79. The van der Waals surface area contributed by atoms with Gasteiger partial charge in [0.25, 0.3) is 5.91 Å². The lowest BCUT2D eigenvalue weighted by atomic mass is 9.64. The average molecular weight is 650 g/mol. The van der Waals surface area contributed by atoms with Gasteiger partial charge in [0.15, 0.2) is 0 Å². The second-order valence-corrected chi connectivity index (χ2v) is 13.3. The largest absolute Gasteiger partial charge is 0.396 e. The minimum atomic E-state index is -1.14. The third-order valence-electron chi connectivity index (χ3n) is 10.8. The van der Waals surface area contributed by atoms with E-state index in [9.17, 15) is 14.7 Å². The number of ether oxygens (including phenoxy) is 1. The minimum absolute atomic E-state index is 0.122. The first-order valence-electron chi connectivity index (χ1n) is 17.4. The van der Waals surface area contributed by atoms with Crippen molar-refractivity contribution in [3.05, 3.63) is 98.1 Å². The van der Waals surface area contributed by atoms with Gasteiger partial charge < -0.3 is 24.5 Å². The number of benzene rings is 3. The standard InChI is InChI=1S/C40H47N3O5/c1-4-24-41(31-18-10-9-11-19-31)36(45)33-34-37(46)43(26-14-7-8-15-27-44)35(40(34)23-22-39(33,6-3)48-40)38(47)42(25-5-2)32-21-20-29-16-12-13-17-30(29)28-32/h4-5,9-13,16-21,28,33-35,44H,1-2,6-8,14-15,22-27H2,3H3/t33-,34+,35?,39+,40?/m1/s1. The molecule has 0 aliphatic carbocycles. The van der Waals surface area contributed by atoms with Crippen molar-refractivity contribution in [3.8, 4) is 0 Å². The quantitative estimate of drug-likeness (QED) is 0.155. The molecule has 2 bridgehead atoms. The van der Waals surface area contributed by atoms with Gasteiger partial charge in [-0.15, -0.1) is 13.2 Å². The van der Waals surface area contributed by atoms with Crippen molar-refractivity contribution >= 4 is 39.9 Å². The van der Waals surface area contributed by atoms with Gasteiger partial charge in [-0.1, -0.05) is 80.4 Å². The lowest BCUT2D eigenvalue weighted by Crippen LogP contribution is -2.56. The molecule has 48 heavy (non-hydrogen) atoms. The molecular weight excluding hydrogens is 602 g/mol. The molecule has 8 nitrogen and oxygen atoms in total. The van der Waals surface area contributed by atoms with E-state index in [1.54, 1.807) is 26.9 Å². The van der Waals surface area contributed by atoms with E-state index in [4.69, 9.17) is 4.74 Å². The number of unbranched alkanes of at least 4 members (excludes halogenated alkanes) is 3. The molecule has 2 unspecified atom stereocenters. The first-order chi connectivity index (χ1) is 23.4. The fraction of sp³-hybridized carbons (Fsp3) is 0.425. The predicted octanol–water partition coefficient (Wildman–Crippen LogP) is 6.29. The van der Waals surface area contributed by atoms with Crippen LogP contribution < -0.4 is 9.80 Å². The highest BCUT2D eigenvalue weighted by atomic mass is 16.5. The van der Waals surface area contributed by atoms with E-state index in [1.165, 1.54) is 0 Å². The molecule has 3 aromatic carbocycles. The molecule has 3 amide bonds. The summed E-state index contributed by atoms with van der Waals surface area (Å²) in [5, 5.41) is 11.4. The van der Waals surface area contributed by atoms with Crippen LogP contribution in [0.4, 0.5) is 11.4 Å². The number of carbonyl (C=O) groups is 3. The summed E-state index contributed by atoms with van der Waals surface area (Å²) >= 11 is 0. The molecule has 0 aromatic heterocycles. The van der Waals surface area contributed by atoms with E-state index in [0.29, 0.717) is 45.2 Å². The van der Waals surface area contributed by atoms with Crippen LogP contribution in [0.3, 0.4) is 0 Å². The Morgan fingerprint density at radius 1 is 0.875 bits per heavy atom. The van der Waals surface area contributed by atoms with Gasteiger partial charge >= 0.3 is 0 Å². The maximum atomic E-state index is 15.1. The van der Waals surface area contributed by atoms with Gasteiger partial charge in [-0.25, -0.2) is 0 Å². The van der Waals surface area contributed by atoms with Crippen LogP contribution in [0, 0.1) is 11.8 Å². The summed E-state index contributed by atoms with van der Waals surface area (Å²) in [6.45, 7) is 10.9. The van der Waals surface area contributed by atoms with Gasteiger partial charge in [-0.2, -0.15) is 0 Å². The topological polar surface area (TPSA) is 90.4 Å². The summed E-state index contributed by atoms with van der Waals surface area (Å²) < 4.78 is 7.09. The minimum Gasteiger partial charge on any atom is -0.396 e. The molecule has 252 valence electrons. The van der Waals surface area contributed by atoms with Crippen LogP contribution in [0.1, 0.15) is 51.9 Å². The monoisotopic (exact) mass is 649 g/mol. The van der Waals surface area contributed by atoms with Crippen LogP contribution in [-0.4, -0.2) is 71.2 Å². The smallest absolute Gasteiger partial charge is 0.253 e. The molecule has 1 spiro atoms. The average Bonchev–Trinajstić information content (AvgIpc) is 3.72. The summed E-state index contributed by atoms with van der Waals surface area (Å²) in [6.07, 6.45) is 8.08. The fourth-order valence-electron chi connectivity index (χ4n) is 8.53. The van der Waals surface area contributed by atoms with E-state index >= 15 is 4.79 Å². The Morgan fingerprint density at radius 3 is 2.23 bits per heavy atom. The SMILES string of the molecule is C=CCN(C(=O)C1N(CCCCCCO)C(=O)[C@@H]2[C@H](C(=O)N(CC=C)c3ccccc3)[C@]3(CC)CCC12O3)c1ccc2ccccc2c1. The molecular formula is C40H47N3O5. The summed E-state index contributed by atoms with van der Waals surface area (Å²) in [7, 11) is 0. The van der Waals surface area contributed by atoms with Crippen LogP contribution >= 0.6 is 0 Å². The van der Waals surface area contributed by atoms with Crippen molar-refractivity contribution in [2.45, 2.75) is 69.1 Å². The number of hydrogen-bond acceptors (Lipinski definition) is 5. The van der Waals surface area contributed by atoms with Crippen molar-refractivity contribution in [2.24, 2.45) is 11.8 Å². The zero-order valence-electron chi connectivity index (χ0n) is 27.9. The van der Waals surface area contributed by atoms with Gasteiger partial charge in [-0.3, -0.25) is 14.4 Å². The van der Waals surface area contributed by atoms with Crippen LogP contribution in [0.25, 0.3) is 10.8 Å². The number of fused-ring (bicyclic) bond motifs is 2. The first-order valence-corrected chi connectivity index (χ1v) is 17.4. The van der Waals surface area contributed by atoms with Crippen LogP contribution in [0.15, 0.2) is 98.1 Å². The zero-order valence-corrected chi connectivity index (χ0v) is 27.9. The highest BCUT2D eigenvalue weighted by molar-refractivity contribution is 6.07. The number of hydrogen-bond donors (Lipinski definition) is 1. The van der Waals surface area contributed by atoms with Crippen molar-refractivity contribution < 1.29 is 24.2 Å². The van der Waals surface area contributed by atoms with E-state index in [1.807, 2.05) is 79.7 Å². The van der Waals surface area contributed by atoms with Crippen molar-refractivity contribution in [1.29, 1.82) is 0 Å². The molecule has 1 N–H and O–H groups in total. The Balaban J connectivity index is 1.42. The van der Waals surface area contributed by atoms with E-state index in [2.05, 4.69) is 13.2 Å². The van der Waals surface area contributed by atoms with Gasteiger partial charge in [0, 0.05) is 37.6 Å². The number of likely N-dealkylation sites (tertiary alicyclic amines) is 1. The Kier molecular flexibility index (Phi) is 9.85. The Bertz CT molecular complexity index is 1680. The molecule has 3 heterocycles.